The van der Waals surface area contributed by atoms with Gasteiger partial charge in [-0.15, -0.1) is 0 Å². The molecule has 0 saturated carbocycles. The smallest absolute Gasteiger partial charge is 0.271 e. The van der Waals surface area contributed by atoms with Crippen LogP contribution in [0.4, 0.5) is 23.1 Å². The summed E-state index contributed by atoms with van der Waals surface area (Å²) in [4.78, 5) is 40.1. The Bertz CT molecular complexity index is 1490. The number of aromatic nitrogens is 6. The van der Waals surface area contributed by atoms with Gasteiger partial charge >= 0.3 is 0 Å². The molecule has 0 aromatic carbocycles. The first-order chi connectivity index (χ1) is 18.3. The van der Waals surface area contributed by atoms with Gasteiger partial charge in [0.15, 0.2) is 17.3 Å². The van der Waals surface area contributed by atoms with E-state index in [-0.39, 0.29) is 11.5 Å². The molecule has 4 aromatic rings. The van der Waals surface area contributed by atoms with Crippen molar-refractivity contribution in [3.05, 3.63) is 42.2 Å². The minimum Gasteiger partial charge on any atom is -0.371 e. The molecule has 1 fully saturated rings. The van der Waals surface area contributed by atoms with Gasteiger partial charge in [0, 0.05) is 52.5 Å². The van der Waals surface area contributed by atoms with Gasteiger partial charge in [0.1, 0.15) is 17.0 Å². The van der Waals surface area contributed by atoms with Crippen molar-refractivity contribution in [2.24, 2.45) is 12.8 Å². The minimum atomic E-state index is -0.700. The molecule has 1 amide bonds. The first-order valence-electron chi connectivity index (χ1n) is 12.6. The summed E-state index contributed by atoms with van der Waals surface area (Å²) in [7, 11) is 3.63. The van der Waals surface area contributed by atoms with E-state index in [1.165, 1.54) is 0 Å². The second-order valence-corrected chi connectivity index (χ2v) is 9.75. The lowest BCUT2D eigenvalue weighted by Crippen LogP contribution is -2.49. The third-order valence-corrected chi connectivity index (χ3v) is 6.92. The Kier molecular flexibility index (Phi) is 6.81. The quantitative estimate of drug-likeness (QED) is 0.336. The van der Waals surface area contributed by atoms with Crippen molar-refractivity contribution in [2.75, 3.05) is 48.8 Å². The Morgan fingerprint density at radius 3 is 2.47 bits per heavy atom. The number of primary amides is 1. The number of piperazine rings is 1. The molecule has 0 atom stereocenters. The first-order valence-corrected chi connectivity index (χ1v) is 12.6. The molecule has 1 aliphatic rings. The van der Waals surface area contributed by atoms with Crippen molar-refractivity contribution >= 4 is 40.1 Å². The third-order valence-electron chi connectivity index (χ3n) is 6.92. The number of anilines is 4. The van der Waals surface area contributed by atoms with E-state index in [4.69, 9.17) is 10.7 Å². The van der Waals surface area contributed by atoms with Crippen LogP contribution in [0.3, 0.4) is 0 Å². The number of nitrogens with one attached hydrogen (secondary N) is 2. The topological polar surface area (TPSA) is 143 Å². The highest BCUT2D eigenvalue weighted by molar-refractivity contribution is 5.99. The van der Waals surface area contributed by atoms with E-state index >= 15 is 0 Å². The van der Waals surface area contributed by atoms with Crippen LogP contribution in [0.15, 0.2) is 31.0 Å². The summed E-state index contributed by atoms with van der Waals surface area (Å²) < 4.78 is 1.87. The Hall–Kier alpha value is -4.32. The van der Waals surface area contributed by atoms with Crippen LogP contribution in [0.1, 0.15) is 29.9 Å². The molecule has 1 saturated heterocycles. The summed E-state index contributed by atoms with van der Waals surface area (Å²) in [6.45, 7) is 10.4. The number of aryl methyl sites for hydroxylation is 2. The van der Waals surface area contributed by atoms with E-state index in [1.807, 2.05) is 24.6 Å². The Morgan fingerprint density at radius 2 is 1.82 bits per heavy atom. The summed E-state index contributed by atoms with van der Waals surface area (Å²) in [5.74, 6) is 0.963. The van der Waals surface area contributed by atoms with E-state index in [0.29, 0.717) is 34.3 Å². The molecule has 5 heterocycles. The van der Waals surface area contributed by atoms with Crippen LogP contribution in [0, 0.1) is 6.92 Å². The Labute approximate surface area is 221 Å². The summed E-state index contributed by atoms with van der Waals surface area (Å²) in [6.07, 6.45) is 6.84. The maximum Gasteiger partial charge on any atom is 0.271 e. The SMILES string of the molecule is CNc1nc(Nc2cnc(N3CCN(C(C)C)CC3)c(C)c2)c(C(N)=O)nc1-c1cncc2c1ncn2C. The fourth-order valence-electron chi connectivity index (χ4n) is 4.83. The maximum absolute atomic E-state index is 12.5. The van der Waals surface area contributed by atoms with E-state index in [2.05, 4.69) is 54.2 Å². The van der Waals surface area contributed by atoms with E-state index < -0.39 is 5.91 Å². The molecule has 198 valence electrons. The minimum absolute atomic E-state index is 0.0125. The third kappa shape index (κ3) is 4.70. The molecule has 0 aliphatic carbocycles. The molecule has 0 radical (unpaired) electrons. The van der Waals surface area contributed by atoms with Crippen LogP contribution in [0.25, 0.3) is 22.3 Å². The Morgan fingerprint density at radius 1 is 1.05 bits per heavy atom. The predicted molar refractivity (Wildman–Crippen MR) is 149 cm³/mol. The van der Waals surface area contributed by atoms with E-state index in [9.17, 15) is 4.79 Å². The summed E-state index contributed by atoms with van der Waals surface area (Å²) in [6, 6.07) is 2.54. The number of amides is 1. The molecule has 4 N–H and O–H groups in total. The predicted octanol–water partition coefficient (Wildman–Crippen LogP) is 2.54. The number of pyridine rings is 2. The van der Waals surface area contributed by atoms with Crippen LogP contribution in [0.5, 0.6) is 0 Å². The van der Waals surface area contributed by atoms with Crippen LogP contribution in [-0.4, -0.2) is 79.6 Å². The average Bonchev–Trinajstić information content (AvgIpc) is 3.29. The lowest BCUT2D eigenvalue weighted by Gasteiger charge is -2.38. The lowest BCUT2D eigenvalue weighted by molar-refractivity contribution is 0.0996. The van der Waals surface area contributed by atoms with Gasteiger partial charge in [0.25, 0.3) is 5.91 Å². The van der Waals surface area contributed by atoms with Gasteiger partial charge < -0.3 is 25.8 Å². The second-order valence-electron chi connectivity index (χ2n) is 9.75. The van der Waals surface area contributed by atoms with Crippen LogP contribution < -0.4 is 21.3 Å². The number of imidazole rings is 1. The number of carbonyl (C=O) groups is 1. The molecule has 38 heavy (non-hydrogen) atoms. The molecule has 5 rings (SSSR count). The zero-order valence-electron chi connectivity index (χ0n) is 22.4. The number of hydrogen-bond acceptors (Lipinski definition) is 10. The summed E-state index contributed by atoms with van der Waals surface area (Å²) in [5, 5.41) is 6.28. The van der Waals surface area contributed by atoms with Crippen LogP contribution >= 0.6 is 0 Å². The summed E-state index contributed by atoms with van der Waals surface area (Å²) >= 11 is 0. The summed E-state index contributed by atoms with van der Waals surface area (Å²) in [5.41, 5.74) is 10.1. The van der Waals surface area contributed by atoms with Gasteiger partial charge in [-0.2, -0.15) is 0 Å². The number of rotatable bonds is 7. The molecule has 12 nitrogen and oxygen atoms in total. The van der Waals surface area contributed by atoms with E-state index in [0.717, 1.165) is 43.1 Å². The Balaban J connectivity index is 1.46. The maximum atomic E-state index is 12.5. The van der Waals surface area contributed by atoms with Gasteiger partial charge in [0.05, 0.1) is 35.5 Å². The first kappa shape index (κ1) is 25.3. The largest absolute Gasteiger partial charge is 0.371 e. The van der Waals surface area contributed by atoms with E-state index in [1.54, 1.807) is 32.0 Å². The zero-order valence-corrected chi connectivity index (χ0v) is 22.4. The molecule has 4 aromatic heterocycles. The molecule has 1 aliphatic heterocycles. The van der Waals surface area contributed by atoms with Gasteiger partial charge in [-0.3, -0.25) is 14.7 Å². The lowest BCUT2D eigenvalue weighted by atomic mass is 10.1. The molecule has 0 unspecified atom stereocenters. The van der Waals surface area contributed by atoms with Crippen molar-refractivity contribution in [1.82, 2.24) is 34.4 Å². The average molecular weight is 516 g/mol. The molecule has 0 spiro atoms. The number of fused-ring (bicyclic) bond motifs is 1. The molecule has 12 heteroatoms. The standard InChI is InChI=1S/C26H33N11O/c1-15(2)36-6-8-37(9-7-36)26-16(3)10-17(11-30-26)32-25-22(23(27)38)33-21(24(28-4)34-25)18-12-29-13-19-20(18)31-14-35(19)5/h10-15H,6-9H2,1-5H3,(H2,27,38)(H2,28,32,34). The van der Waals surface area contributed by atoms with Crippen molar-refractivity contribution in [3.8, 4) is 11.3 Å². The fourth-order valence-corrected chi connectivity index (χ4v) is 4.83. The monoisotopic (exact) mass is 515 g/mol. The van der Waals surface area contributed by atoms with Gasteiger partial charge in [0.2, 0.25) is 0 Å². The second kappa shape index (κ2) is 10.2. The highest BCUT2D eigenvalue weighted by Crippen LogP contribution is 2.32. The van der Waals surface area contributed by atoms with Crippen molar-refractivity contribution in [1.29, 1.82) is 0 Å². The highest BCUT2D eigenvalue weighted by Gasteiger charge is 2.23. The van der Waals surface area contributed by atoms with Crippen molar-refractivity contribution in [3.63, 3.8) is 0 Å². The van der Waals surface area contributed by atoms with Crippen LogP contribution in [-0.2, 0) is 7.05 Å². The molecular formula is C26H33N11O. The number of carbonyl (C=O) groups excluding carboxylic acids is 1. The number of nitrogens with two attached hydrogens (primary N) is 1. The molecule has 0 bridgehead atoms. The highest BCUT2D eigenvalue weighted by atomic mass is 16.1. The van der Waals surface area contributed by atoms with Gasteiger partial charge in [-0.25, -0.2) is 19.9 Å². The van der Waals surface area contributed by atoms with Crippen molar-refractivity contribution in [2.45, 2.75) is 26.8 Å². The molecular weight excluding hydrogens is 482 g/mol. The normalized spacial score (nSPS) is 14.3. The van der Waals surface area contributed by atoms with Gasteiger partial charge in [-0.05, 0) is 32.4 Å². The van der Waals surface area contributed by atoms with Gasteiger partial charge in [-0.1, -0.05) is 0 Å². The zero-order chi connectivity index (χ0) is 27.0. The van der Waals surface area contributed by atoms with Crippen LogP contribution in [0.2, 0.25) is 0 Å². The van der Waals surface area contributed by atoms with Crippen molar-refractivity contribution < 1.29 is 4.79 Å². The number of nitrogens with zero attached hydrogens (tertiary/aromatic N) is 8. The number of hydrogen-bond donors (Lipinski definition) is 3. The fraction of sp³-hybridized carbons (Fsp3) is 0.385.